The van der Waals surface area contributed by atoms with Crippen LogP contribution in [0, 0.1) is 0 Å². The summed E-state index contributed by atoms with van der Waals surface area (Å²) in [5.74, 6) is -0.952. The summed E-state index contributed by atoms with van der Waals surface area (Å²) in [7, 11) is 1.30. The fourth-order valence-corrected chi connectivity index (χ4v) is 1.64. The smallest absolute Gasteiger partial charge is 0.339 e. The second kappa shape index (κ2) is 6.51. The summed E-state index contributed by atoms with van der Waals surface area (Å²) < 4.78 is 9.69. The molecule has 2 aromatic rings. The van der Waals surface area contributed by atoms with E-state index in [1.54, 1.807) is 30.3 Å². The Bertz CT molecular complexity index is 653. The molecule has 1 heterocycles. The van der Waals surface area contributed by atoms with E-state index in [-0.39, 0.29) is 6.61 Å². The van der Waals surface area contributed by atoms with Gasteiger partial charge in [0.2, 0.25) is 0 Å². The van der Waals surface area contributed by atoms with E-state index in [1.807, 2.05) is 0 Å². The molecule has 1 aromatic carbocycles. The average molecular weight is 286 g/mol. The fraction of sp³-hybridized carbons (Fsp3) is 0.133. The lowest BCUT2D eigenvalue weighted by molar-refractivity contribution is 0.0466. The van der Waals surface area contributed by atoms with Gasteiger partial charge < -0.3 is 15.2 Å². The summed E-state index contributed by atoms with van der Waals surface area (Å²) in [6.07, 6.45) is 1.37. The van der Waals surface area contributed by atoms with E-state index >= 15 is 0 Å². The van der Waals surface area contributed by atoms with E-state index in [0.717, 1.165) is 0 Å². The Kier molecular flexibility index (Phi) is 4.50. The molecule has 0 unspecified atom stereocenters. The number of ether oxygens (including phenoxy) is 2. The topological polar surface area (TPSA) is 91.5 Å². The lowest BCUT2D eigenvalue weighted by atomic mass is 10.2. The minimum Gasteiger partial charge on any atom is -0.465 e. The number of carbonyl (C=O) groups excluding carboxylic acids is 2. The SMILES string of the molecule is COC(=O)c1ccc(COC(=O)c2cccc(N)c2)nc1. The Morgan fingerprint density at radius 3 is 2.57 bits per heavy atom. The standard InChI is InChI=1S/C15H14N2O4/c1-20-14(18)11-5-6-13(17-8-11)9-21-15(19)10-3-2-4-12(16)7-10/h2-8H,9,16H2,1H3. The van der Waals surface area contributed by atoms with Gasteiger partial charge >= 0.3 is 11.9 Å². The predicted octanol–water partition coefficient (Wildman–Crippen LogP) is 1.81. The molecule has 0 amide bonds. The van der Waals surface area contributed by atoms with Gasteiger partial charge in [-0.05, 0) is 30.3 Å². The molecule has 0 radical (unpaired) electrons. The predicted molar refractivity (Wildman–Crippen MR) is 75.6 cm³/mol. The van der Waals surface area contributed by atoms with E-state index in [9.17, 15) is 9.59 Å². The third kappa shape index (κ3) is 3.79. The molecule has 0 spiro atoms. The summed E-state index contributed by atoms with van der Waals surface area (Å²) in [4.78, 5) is 27.1. The van der Waals surface area contributed by atoms with Crippen LogP contribution >= 0.6 is 0 Å². The molecule has 0 saturated heterocycles. The molecule has 21 heavy (non-hydrogen) atoms. The third-order valence-electron chi connectivity index (χ3n) is 2.72. The van der Waals surface area contributed by atoms with Crippen LogP contribution in [-0.4, -0.2) is 24.0 Å². The second-order valence-electron chi connectivity index (χ2n) is 4.23. The van der Waals surface area contributed by atoms with Crippen LogP contribution in [0.4, 0.5) is 5.69 Å². The zero-order chi connectivity index (χ0) is 15.2. The first kappa shape index (κ1) is 14.5. The molecule has 108 valence electrons. The lowest BCUT2D eigenvalue weighted by Crippen LogP contribution is -2.07. The summed E-state index contributed by atoms with van der Waals surface area (Å²) in [5.41, 5.74) is 7.33. The van der Waals surface area contributed by atoms with Gasteiger partial charge in [-0.2, -0.15) is 0 Å². The maximum absolute atomic E-state index is 11.8. The lowest BCUT2D eigenvalue weighted by Gasteiger charge is -2.05. The molecular weight excluding hydrogens is 272 g/mol. The minimum absolute atomic E-state index is 0.00901. The van der Waals surface area contributed by atoms with E-state index in [2.05, 4.69) is 9.72 Å². The fourth-order valence-electron chi connectivity index (χ4n) is 1.64. The van der Waals surface area contributed by atoms with Crippen LogP contribution in [0.2, 0.25) is 0 Å². The maximum Gasteiger partial charge on any atom is 0.339 e. The molecule has 0 atom stereocenters. The van der Waals surface area contributed by atoms with Crippen LogP contribution in [0.3, 0.4) is 0 Å². The first-order valence-corrected chi connectivity index (χ1v) is 6.16. The number of hydrogen-bond acceptors (Lipinski definition) is 6. The van der Waals surface area contributed by atoms with Crippen LogP contribution in [0.15, 0.2) is 42.6 Å². The number of carbonyl (C=O) groups is 2. The summed E-state index contributed by atoms with van der Waals surface area (Å²) >= 11 is 0. The molecule has 6 heteroatoms. The highest BCUT2D eigenvalue weighted by molar-refractivity contribution is 5.90. The van der Waals surface area contributed by atoms with Crippen LogP contribution < -0.4 is 5.73 Å². The van der Waals surface area contributed by atoms with Crippen molar-refractivity contribution in [1.29, 1.82) is 0 Å². The van der Waals surface area contributed by atoms with Gasteiger partial charge in [-0.25, -0.2) is 9.59 Å². The van der Waals surface area contributed by atoms with Gasteiger partial charge in [0.05, 0.1) is 23.9 Å². The van der Waals surface area contributed by atoms with Crippen molar-refractivity contribution in [2.45, 2.75) is 6.61 Å². The summed E-state index contributed by atoms with van der Waals surface area (Å²) in [5, 5.41) is 0. The van der Waals surface area contributed by atoms with Gasteiger partial charge in [0.1, 0.15) is 6.61 Å². The molecule has 6 nitrogen and oxygen atoms in total. The zero-order valence-electron chi connectivity index (χ0n) is 11.4. The van der Waals surface area contributed by atoms with Crippen molar-refractivity contribution in [3.8, 4) is 0 Å². The number of methoxy groups -OCH3 is 1. The van der Waals surface area contributed by atoms with Crippen LogP contribution in [-0.2, 0) is 16.1 Å². The largest absolute Gasteiger partial charge is 0.465 e. The number of anilines is 1. The number of rotatable bonds is 4. The molecule has 2 rings (SSSR count). The van der Waals surface area contributed by atoms with Crippen LogP contribution in [0.25, 0.3) is 0 Å². The normalized spacial score (nSPS) is 9.95. The van der Waals surface area contributed by atoms with Crippen molar-refractivity contribution < 1.29 is 19.1 Å². The van der Waals surface area contributed by atoms with Gasteiger partial charge in [0, 0.05) is 11.9 Å². The monoisotopic (exact) mass is 286 g/mol. The summed E-state index contributed by atoms with van der Waals surface area (Å²) in [6, 6.07) is 9.67. The van der Waals surface area contributed by atoms with Gasteiger partial charge in [0.25, 0.3) is 0 Å². The number of aromatic nitrogens is 1. The first-order chi connectivity index (χ1) is 10.1. The van der Waals surface area contributed by atoms with E-state index < -0.39 is 11.9 Å². The Labute approximate surface area is 121 Å². The van der Waals surface area contributed by atoms with Crippen molar-refractivity contribution in [1.82, 2.24) is 4.98 Å². The highest BCUT2D eigenvalue weighted by Crippen LogP contribution is 2.09. The number of nitrogens with zero attached hydrogens (tertiary/aromatic N) is 1. The van der Waals surface area contributed by atoms with Crippen molar-refractivity contribution >= 4 is 17.6 Å². The van der Waals surface area contributed by atoms with E-state index in [4.69, 9.17) is 10.5 Å². The molecular formula is C15H14N2O4. The van der Waals surface area contributed by atoms with Crippen LogP contribution in [0.1, 0.15) is 26.4 Å². The van der Waals surface area contributed by atoms with E-state index in [1.165, 1.54) is 19.4 Å². The number of benzene rings is 1. The molecule has 0 saturated carbocycles. The van der Waals surface area contributed by atoms with Gasteiger partial charge in [-0.1, -0.05) is 6.07 Å². The van der Waals surface area contributed by atoms with Crippen molar-refractivity contribution in [2.24, 2.45) is 0 Å². The Morgan fingerprint density at radius 1 is 1.14 bits per heavy atom. The average Bonchev–Trinajstić information content (AvgIpc) is 2.52. The zero-order valence-corrected chi connectivity index (χ0v) is 11.4. The highest BCUT2D eigenvalue weighted by Gasteiger charge is 2.09. The summed E-state index contributed by atoms with van der Waals surface area (Å²) in [6.45, 7) is 0.00901. The molecule has 0 aliphatic rings. The van der Waals surface area contributed by atoms with Gasteiger partial charge in [-0.3, -0.25) is 4.98 Å². The third-order valence-corrected chi connectivity index (χ3v) is 2.72. The molecule has 0 bridgehead atoms. The second-order valence-corrected chi connectivity index (χ2v) is 4.23. The molecule has 0 aliphatic heterocycles. The maximum atomic E-state index is 11.8. The molecule has 0 aliphatic carbocycles. The molecule has 0 fully saturated rings. The Balaban J connectivity index is 1.97. The van der Waals surface area contributed by atoms with Crippen molar-refractivity contribution in [2.75, 3.05) is 12.8 Å². The van der Waals surface area contributed by atoms with Crippen molar-refractivity contribution in [3.05, 3.63) is 59.4 Å². The number of nitrogens with two attached hydrogens (primary N) is 1. The highest BCUT2D eigenvalue weighted by atomic mass is 16.5. The van der Waals surface area contributed by atoms with Gasteiger partial charge in [-0.15, -0.1) is 0 Å². The Hall–Kier alpha value is -2.89. The quantitative estimate of drug-likeness (QED) is 0.680. The number of nitrogen functional groups attached to an aromatic ring is 1. The first-order valence-electron chi connectivity index (χ1n) is 6.16. The van der Waals surface area contributed by atoms with Gasteiger partial charge in [0.15, 0.2) is 0 Å². The Morgan fingerprint density at radius 2 is 1.95 bits per heavy atom. The molecule has 2 N–H and O–H groups in total. The molecule has 1 aromatic heterocycles. The number of hydrogen-bond donors (Lipinski definition) is 1. The van der Waals surface area contributed by atoms with E-state index in [0.29, 0.717) is 22.5 Å². The van der Waals surface area contributed by atoms with Crippen LogP contribution in [0.5, 0.6) is 0 Å². The number of esters is 2. The minimum atomic E-state index is -0.485. The van der Waals surface area contributed by atoms with Crippen molar-refractivity contribution in [3.63, 3.8) is 0 Å². The number of pyridine rings is 1.